The van der Waals surface area contributed by atoms with E-state index in [0.29, 0.717) is 23.9 Å². The average molecular weight is 1160 g/mol. The molecule has 82 heavy (non-hydrogen) atoms. The van der Waals surface area contributed by atoms with E-state index in [-0.39, 0.29) is 32.2 Å². The first kappa shape index (κ1) is 79.8. The van der Waals surface area contributed by atoms with Gasteiger partial charge in [-0.1, -0.05) is 334 Å². The molecule has 0 aliphatic carbocycles. The number of hydrogen-bond donors (Lipinski definition) is 1. The molecule has 1 N–H and O–H groups in total. The van der Waals surface area contributed by atoms with Crippen molar-refractivity contribution in [3.63, 3.8) is 0 Å². The number of likely N-dealkylation sites (N-methyl/N-ethyl adjacent to an activating group) is 1. The van der Waals surface area contributed by atoms with Crippen LogP contribution in [0.2, 0.25) is 0 Å². The van der Waals surface area contributed by atoms with Crippen molar-refractivity contribution in [2.24, 2.45) is 0 Å². The summed E-state index contributed by atoms with van der Waals surface area (Å²) >= 11 is 0. The van der Waals surface area contributed by atoms with Gasteiger partial charge in [0.25, 0.3) is 6.29 Å². The molecule has 9 nitrogen and oxygen atoms in total. The Bertz CT molecular complexity index is 1390. The van der Waals surface area contributed by atoms with Gasteiger partial charge in [-0.05, 0) is 44.9 Å². The number of carboxylic acid groups (broad SMARTS) is 1. The second-order valence-electron chi connectivity index (χ2n) is 25.9. The zero-order valence-corrected chi connectivity index (χ0v) is 55.4. The Morgan fingerprint density at radius 2 is 0.659 bits per heavy atom. The lowest BCUT2D eigenvalue weighted by Crippen LogP contribution is -2.40. The molecule has 9 heteroatoms. The Balaban J connectivity index is 3.91. The van der Waals surface area contributed by atoms with Gasteiger partial charge in [-0.3, -0.25) is 9.59 Å². The van der Waals surface area contributed by atoms with Crippen molar-refractivity contribution in [1.29, 1.82) is 0 Å². The van der Waals surface area contributed by atoms with Gasteiger partial charge in [-0.15, -0.1) is 0 Å². The van der Waals surface area contributed by atoms with Crippen LogP contribution in [0, 0.1) is 0 Å². The summed E-state index contributed by atoms with van der Waals surface area (Å²) in [6, 6.07) is 0. The number of carbonyl (C=O) groups excluding carboxylic acids is 2. The summed E-state index contributed by atoms with van der Waals surface area (Å²) in [7, 11) is 5.98. The van der Waals surface area contributed by atoms with Crippen molar-refractivity contribution in [3.8, 4) is 0 Å². The first-order valence-electron chi connectivity index (χ1n) is 36.0. The van der Waals surface area contributed by atoms with Crippen molar-refractivity contribution in [3.05, 3.63) is 24.3 Å². The monoisotopic (exact) mass is 1160 g/mol. The average Bonchev–Trinajstić information content (AvgIpc) is 3.45. The van der Waals surface area contributed by atoms with E-state index in [4.69, 9.17) is 18.9 Å². The molecule has 0 aromatic carbocycles. The molecule has 0 fully saturated rings. The lowest BCUT2D eigenvalue weighted by molar-refractivity contribution is -0.870. The van der Waals surface area contributed by atoms with Gasteiger partial charge < -0.3 is 28.5 Å². The van der Waals surface area contributed by atoms with Crippen LogP contribution in [0.1, 0.15) is 367 Å². The summed E-state index contributed by atoms with van der Waals surface area (Å²) in [6.45, 7) is 4.91. The Morgan fingerprint density at radius 1 is 0.366 bits per heavy atom. The first-order chi connectivity index (χ1) is 40.1. The van der Waals surface area contributed by atoms with Crippen LogP contribution in [0.4, 0.5) is 0 Å². The standard InChI is InChI=1S/C73H139NO8/c1-6-8-10-12-14-16-18-20-22-24-26-27-28-29-30-31-32-33-34-35-36-37-38-39-40-41-42-43-44-45-46-48-49-51-53-55-57-59-61-63-70(75)80-67-69(68-81-73(72(77)78)79-66-65-74(3,4)5)82-71(76)64-62-60-58-56-54-52-50-47-25-23-21-19-17-15-13-11-9-7-2/h17,19,23,25,69,73H,6-16,18,20-22,24,26-68H2,1-5H3/p+1/b19-17-,25-23-. The van der Waals surface area contributed by atoms with E-state index in [0.717, 1.165) is 51.4 Å². The lowest BCUT2D eigenvalue weighted by atomic mass is 10.0. The summed E-state index contributed by atoms with van der Waals surface area (Å²) in [5.74, 6) is -1.99. The minimum Gasteiger partial charge on any atom is -0.477 e. The number of esters is 2. The molecular weight excluding hydrogens is 1020 g/mol. The zero-order chi connectivity index (χ0) is 59.8. The molecule has 484 valence electrons. The van der Waals surface area contributed by atoms with Crippen molar-refractivity contribution in [1.82, 2.24) is 0 Å². The van der Waals surface area contributed by atoms with Crippen molar-refractivity contribution in [2.75, 3.05) is 47.5 Å². The van der Waals surface area contributed by atoms with Crippen LogP contribution in [0.15, 0.2) is 24.3 Å². The molecule has 0 aliphatic rings. The molecule has 0 aromatic rings. The Hall–Kier alpha value is -2.23. The fraction of sp³-hybridized carbons (Fsp3) is 0.904. The highest BCUT2D eigenvalue weighted by Gasteiger charge is 2.25. The van der Waals surface area contributed by atoms with Gasteiger partial charge in [0.15, 0.2) is 6.10 Å². The summed E-state index contributed by atoms with van der Waals surface area (Å²) in [5.41, 5.74) is 0. The third-order valence-corrected chi connectivity index (χ3v) is 16.5. The van der Waals surface area contributed by atoms with E-state index in [1.807, 2.05) is 21.1 Å². The summed E-state index contributed by atoms with van der Waals surface area (Å²) in [4.78, 5) is 37.5. The number of carbonyl (C=O) groups is 3. The summed E-state index contributed by atoms with van der Waals surface area (Å²) in [6.07, 6.45) is 77.5. The molecular formula is C73H140NO8+. The van der Waals surface area contributed by atoms with Crippen LogP contribution < -0.4 is 0 Å². The van der Waals surface area contributed by atoms with Crippen molar-refractivity contribution in [2.45, 2.75) is 379 Å². The number of nitrogens with zero attached hydrogens (tertiary/aromatic N) is 1. The number of unbranched alkanes of at least 4 members (excludes halogenated alkanes) is 49. The van der Waals surface area contributed by atoms with Gasteiger partial charge in [0.2, 0.25) is 0 Å². The second kappa shape index (κ2) is 64.8. The molecule has 2 unspecified atom stereocenters. The maximum Gasteiger partial charge on any atom is 0.361 e. The van der Waals surface area contributed by atoms with E-state index in [1.54, 1.807) is 0 Å². The van der Waals surface area contributed by atoms with E-state index in [2.05, 4.69) is 38.2 Å². The predicted molar refractivity (Wildman–Crippen MR) is 351 cm³/mol. The largest absolute Gasteiger partial charge is 0.477 e. The molecule has 0 saturated carbocycles. The fourth-order valence-corrected chi connectivity index (χ4v) is 10.9. The number of aliphatic carboxylic acids is 1. The molecule has 0 saturated heterocycles. The maximum atomic E-state index is 12.9. The van der Waals surface area contributed by atoms with Crippen LogP contribution in [0.5, 0.6) is 0 Å². The van der Waals surface area contributed by atoms with E-state index in [1.165, 1.54) is 283 Å². The van der Waals surface area contributed by atoms with E-state index in [9.17, 15) is 19.5 Å². The van der Waals surface area contributed by atoms with Crippen LogP contribution in [-0.2, 0) is 33.3 Å². The normalized spacial score (nSPS) is 12.7. The van der Waals surface area contributed by atoms with Gasteiger partial charge in [0, 0.05) is 12.8 Å². The summed E-state index contributed by atoms with van der Waals surface area (Å²) < 4.78 is 23.0. The third kappa shape index (κ3) is 65.3. The number of carboxylic acids is 1. The third-order valence-electron chi connectivity index (χ3n) is 16.5. The van der Waals surface area contributed by atoms with E-state index < -0.39 is 24.3 Å². The van der Waals surface area contributed by atoms with Gasteiger partial charge in [0.1, 0.15) is 13.2 Å². The molecule has 0 aliphatic heterocycles. The molecule has 0 rings (SSSR count). The number of rotatable bonds is 68. The maximum absolute atomic E-state index is 12.9. The Kier molecular flexibility index (Phi) is 63.0. The summed E-state index contributed by atoms with van der Waals surface area (Å²) in [5, 5.41) is 9.73. The predicted octanol–water partition coefficient (Wildman–Crippen LogP) is 22.2. The number of hydrogen-bond acceptors (Lipinski definition) is 7. The quantitative estimate of drug-likeness (QED) is 0.0211. The van der Waals surface area contributed by atoms with Gasteiger partial charge in [0.05, 0.1) is 34.4 Å². The molecule has 0 radical (unpaired) electrons. The first-order valence-corrected chi connectivity index (χ1v) is 36.0. The molecule has 0 amide bonds. The SMILES string of the molecule is CCCCCC/C=C\C/C=C\CCCCCCCCCC(=O)OC(COC(=O)CCCCCCCCCCCCCCCCCCCCCCCCCCCCCCCCCCCCCCCCC)COC(OCC[N+](C)(C)C)C(=O)O. The Morgan fingerprint density at radius 3 is 0.976 bits per heavy atom. The molecule has 2 atom stereocenters. The highest BCUT2D eigenvalue weighted by molar-refractivity contribution is 5.71. The number of allylic oxidation sites excluding steroid dienone is 4. The molecule has 0 bridgehead atoms. The fourth-order valence-electron chi connectivity index (χ4n) is 10.9. The molecule has 0 spiro atoms. The van der Waals surface area contributed by atoms with Crippen LogP contribution >= 0.6 is 0 Å². The van der Waals surface area contributed by atoms with Crippen LogP contribution in [0.3, 0.4) is 0 Å². The van der Waals surface area contributed by atoms with Crippen molar-refractivity contribution < 1.29 is 42.9 Å². The van der Waals surface area contributed by atoms with Crippen LogP contribution in [0.25, 0.3) is 0 Å². The van der Waals surface area contributed by atoms with Gasteiger partial charge >= 0.3 is 17.9 Å². The molecule has 0 aromatic heterocycles. The van der Waals surface area contributed by atoms with Crippen LogP contribution in [-0.4, -0.2) is 87.4 Å². The highest BCUT2D eigenvalue weighted by Crippen LogP contribution is 2.19. The topological polar surface area (TPSA) is 108 Å². The Labute approximate surface area is 509 Å². The minimum absolute atomic E-state index is 0.180. The lowest BCUT2D eigenvalue weighted by Gasteiger charge is -2.25. The van der Waals surface area contributed by atoms with Crippen molar-refractivity contribution >= 4 is 17.9 Å². The smallest absolute Gasteiger partial charge is 0.361 e. The highest BCUT2D eigenvalue weighted by atomic mass is 16.7. The second-order valence-corrected chi connectivity index (χ2v) is 25.9. The minimum atomic E-state index is -1.51. The van der Waals surface area contributed by atoms with E-state index >= 15 is 0 Å². The van der Waals surface area contributed by atoms with Gasteiger partial charge in [-0.25, -0.2) is 4.79 Å². The molecule has 0 heterocycles. The van der Waals surface area contributed by atoms with Gasteiger partial charge in [-0.2, -0.15) is 0 Å². The number of ether oxygens (including phenoxy) is 4. The number of quaternary nitrogens is 1. The zero-order valence-electron chi connectivity index (χ0n) is 55.4.